The van der Waals surface area contributed by atoms with Crippen LogP contribution >= 0.6 is 15.9 Å². The number of halogens is 2. The lowest BCUT2D eigenvalue weighted by Gasteiger charge is -2.09. The first-order valence-corrected chi connectivity index (χ1v) is 7.22. The van der Waals surface area contributed by atoms with Gasteiger partial charge in [-0.15, -0.1) is 0 Å². The highest BCUT2D eigenvalue weighted by atomic mass is 79.9. The van der Waals surface area contributed by atoms with Crippen LogP contribution in [0.3, 0.4) is 0 Å². The molecule has 3 nitrogen and oxygen atoms in total. The van der Waals surface area contributed by atoms with Crippen molar-refractivity contribution in [2.24, 2.45) is 5.92 Å². The monoisotopic (exact) mass is 338 g/mol. The summed E-state index contributed by atoms with van der Waals surface area (Å²) in [6.45, 7) is 5.92. The van der Waals surface area contributed by atoms with E-state index in [0.717, 1.165) is 5.56 Å². The number of benzene rings is 1. The van der Waals surface area contributed by atoms with E-state index < -0.39 is 0 Å². The maximum absolute atomic E-state index is 13.5. The van der Waals surface area contributed by atoms with Crippen LogP contribution in [0.2, 0.25) is 0 Å². The Labute approximate surface area is 125 Å². The molecule has 5 heteroatoms. The quantitative estimate of drug-likeness (QED) is 0.923. The zero-order chi connectivity index (χ0) is 14.9. The van der Waals surface area contributed by atoms with Crippen LogP contribution in [0.5, 0.6) is 0 Å². The van der Waals surface area contributed by atoms with Crippen LogP contribution in [0.25, 0.3) is 11.4 Å². The molecule has 1 heterocycles. The molecular formula is C15H16BrFN2O. The van der Waals surface area contributed by atoms with E-state index in [1.54, 1.807) is 13.0 Å². The van der Waals surface area contributed by atoms with Crippen LogP contribution in [-0.4, -0.2) is 9.97 Å². The highest BCUT2D eigenvalue weighted by Gasteiger charge is 2.12. The topological polar surface area (TPSA) is 45.8 Å². The van der Waals surface area contributed by atoms with Crippen molar-refractivity contribution in [2.45, 2.75) is 27.2 Å². The third-order valence-electron chi connectivity index (χ3n) is 2.85. The summed E-state index contributed by atoms with van der Waals surface area (Å²) in [4.78, 5) is 19.1. The maximum Gasteiger partial charge on any atom is 0.265 e. The molecular weight excluding hydrogens is 323 g/mol. The van der Waals surface area contributed by atoms with Gasteiger partial charge in [-0.3, -0.25) is 4.79 Å². The number of hydrogen-bond donors (Lipinski definition) is 1. The van der Waals surface area contributed by atoms with Crippen LogP contribution in [0.15, 0.2) is 27.5 Å². The summed E-state index contributed by atoms with van der Waals surface area (Å²) in [5.41, 5.74) is 1.82. The molecule has 0 saturated heterocycles. The number of nitrogens with one attached hydrogen (secondary N) is 1. The molecule has 0 aliphatic carbocycles. The molecule has 0 aliphatic heterocycles. The number of aryl methyl sites for hydroxylation is 1. The van der Waals surface area contributed by atoms with Gasteiger partial charge in [-0.25, -0.2) is 9.37 Å². The second kappa shape index (κ2) is 5.87. The lowest BCUT2D eigenvalue weighted by Crippen LogP contribution is -2.15. The van der Waals surface area contributed by atoms with E-state index in [4.69, 9.17) is 0 Å². The summed E-state index contributed by atoms with van der Waals surface area (Å²) in [5, 5.41) is 0. The lowest BCUT2D eigenvalue weighted by atomic mass is 10.1. The summed E-state index contributed by atoms with van der Waals surface area (Å²) in [6, 6.07) is 4.61. The molecule has 20 heavy (non-hydrogen) atoms. The fourth-order valence-electron chi connectivity index (χ4n) is 2.04. The average Bonchev–Trinajstić information content (AvgIpc) is 2.32. The molecule has 1 aromatic heterocycles. The first kappa shape index (κ1) is 14.9. The van der Waals surface area contributed by atoms with E-state index in [1.807, 2.05) is 0 Å². The van der Waals surface area contributed by atoms with Gasteiger partial charge in [0, 0.05) is 5.56 Å². The Bertz CT molecular complexity index is 675. The third kappa shape index (κ3) is 3.33. The van der Waals surface area contributed by atoms with E-state index in [0.29, 0.717) is 33.9 Å². The van der Waals surface area contributed by atoms with Crippen molar-refractivity contribution in [2.75, 3.05) is 0 Å². The molecule has 2 aromatic rings. The Balaban J connectivity index is 2.57. The number of H-pyrrole nitrogens is 1. The summed E-state index contributed by atoms with van der Waals surface area (Å²) in [7, 11) is 0. The largest absolute Gasteiger partial charge is 0.306 e. The average molecular weight is 339 g/mol. The molecule has 106 valence electrons. The van der Waals surface area contributed by atoms with E-state index in [9.17, 15) is 9.18 Å². The Morgan fingerprint density at radius 3 is 2.65 bits per heavy atom. The summed E-state index contributed by atoms with van der Waals surface area (Å²) < 4.78 is 13.9. The van der Waals surface area contributed by atoms with E-state index in [1.165, 1.54) is 12.1 Å². The third-order valence-corrected chi connectivity index (χ3v) is 3.67. The molecule has 0 radical (unpaired) electrons. The molecule has 0 amide bonds. The van der Waals surface area contributed by atoms with Gasteiger partial charge < -0.3 is 4.98 Å². The van der Waals surface area contributed by atoms with E-state index in [-0.39, 0.29) is 11.4 Å². The van der Waals surface area contributed by atoms with Crippen molar-refractivity contribution in [1.82, 2.24) is 9.97 Å². The normalized spacial score (nSPS) is 11.1. The van der Waals surface area contributed by atoms with Crippen molar-refractivity contribution in [1.29, 1.82) is 0 Å². The van der Waals surface area contributed by atoms with E-state index >= 15 is 0 Å². The minimum atomic E-state index is -0.337. The summed E-state index contributed by atoms with van der Waals surface area (Å²) >= 11 is 3.26. The highest BCUT2D eigenvalue weighted by molar-refractivity contribution is 9.10. The van der Waals surface area contributed by atoms with Gasteiger partial charge >= 0.3 is 0 Å². The van der Waals surface area contributed by atoms with Crippen LogP contribution in [-0.2, 0) is 6.42 Å². The molecule has 1 N–H and O–H groups in total. The second-order valence-electron chi connectivity index (χ2n) is 5.29. The molecule has 1 aromatic carbocycles. The predicted molar refractivity (Wildman–Crippen MR) is 81.2 cm³/mol. The lowest BCUT2D eigenvalue weighted by molar-refractivity contribution is 0.625. The van der Waals surface area contributed by atoms with Crippen molar-refractivity contribution >= 4 is 15.9 Å². The molecule has 0 bridgehead atoms. The first-order chi connectivity index (χ1) is 9.36. The van der Waals surface area contributed by atoms with Gasteiger partial charge in [-0.2, -0.15) is 0 Å². The number of nitrogens with zero attached hydrogens (tertiary/aromatic N) is 1. The Morgan fingerprint density at radius 2 is 2.05 bits per heavy atom. The van der Waals surface area contributed by atoms with Gasteiger partial charge in [0.15, 0.2) is 0 Å². The summed E-state index contributed by atoms with van der Waals surface area (Å²) in [6.07, 6.45) is 0.686. The highest BCUT2D eigenvalue weighted by Crippen LogP contribution is 2.21. The minimum Gasteiger partial charge on any atom is -0.306 e. The molecule has 0 aliphatic rings. The molecule has 0 fully saturated rings. The Kier molecular flexibility index (Phi) is 4.38. The second-order valence-corrected chi connectivity index (χ2v) is 6.08. The Morgan fingerprint density at radius 1 is 1.35 bits per heavy atom. The van der Waals surface area contributed by atoms with Gasteiger partial charge in [0.25, 0.3) is 5.56 Å². The van der Waals surface area contributed by atoms with Gasteiger partial charge in [0.05, 0.1) is 5.69 Å². The van der Waals surface area contributed by atoms with Gasteiger partial charge in [-0.05, 0) is 59.0 Å². The minimum absolute atomic E-state index is 0.243. The zero-order valence-electron chi connectivity index (χ0n) is 11.6. The molecule has 0 spiro atoms. The SMILES string of the molecule is Cc1cc(F)cc(-c2nc(CC(C)C)c(Br)c(=O)[nH]2)c1. The Hall–Kier alpha value is -1.49. The smallest absolute Gasteiger partial charge is 0.265 e. The van der Waals surface area contributed by atoms with Gasteiger partial charge in [0.1, 0.15) is 16.1 Å². The van der Waals surface area contributed by atoms with Crippen LogP contribution in [0.4, 0.5) is 4.39 Å². The fraction of sp³-hybridized carbons (Fsp3) is 0.333. The molecule has 2 rings (SSSR count). The van der Waals surface area contributed by atoms with Crippen LogP contribution in [0.1, 0.15) is 25.1 Å². The van der Waals surface area contributed by atoms with Gasteiger partial charge in [-0.1, -0.05) is 13.8 Å². The van der Waals surface area contributed by atoms with Crippen molar-refractivity contribution in [3.63, 3.8) is 0 Å². The molecule has 0 saturated carbocycles. The maximum atomic E-state index is 13.5. The molecule has 0 unspecified atom stereocenters. The first-order valence-electron chi connectivity index (χ1n) is 6.43. The van der Waals surface area contributed by atoms with Crippen molar-refractivity contribution in [3.05, 3.63) is 50.1 Å². The molecule has 0 atom stereocenters. The zero-order valence-corrected chi connectivity index (χ0v) is 13.2. The number of aromatic nitrogens is 2. The van der Waals surface area contributed by atoms with Crippen LogP contribution < -0.4 is 5.56 Å². The summed E-state index contributed by atoms with van der Waals surface area (Å²) in [5.74, 6) is 0.440. The van der Waals surface area contributed by atoms with Crippen molar-refractivity contribution < 1.29 is 4.39 Å². The van der Waals surface area contributed by atoms with Gasteiger partial charge in [0.2, 0.25) is 0 Å². The fourth-order valence-corrected chi connectivity index (χ4v) is 2.39. The number of rotatable bonds is 3. The number of hydrogen-bond acceptors (Lipinski definition) is 2. The van der Waals surface area contributed by atoms with Crippen molar-refractivity contribution in [3.8, 4) is 11.4 Å². The standard InChI is InChI=1S/C15H16BrFN2O/c1-8(2)4-12-13(16)15(20)19-14(18-12)10-5-9(3)6-11(17)7-10/h5-8H,4H2,1-3H3,(H,18,19,20). The predicted octanol–water partition coefficient (Wildman–Crippen LogP) is 3.85. The van der Waals surface area contributed by atoms with E-state index in [2.05, 4.69) is 39.7 Å². The number of aromatic amines is 1. The van der Waals surface area contributed by atoms with Crippen LogP contribution in [0, 0.1) is 18.7 Å².